The molecule has 0 fully saturated rings. The Morgan fingerprint density at radius 3 is 2.28 bits per heavy atom. The lowest BCUT2D eigenvalue weighted by Gasteiger charge is -2.10. The van der Waals surface area contributed by atoms with Gasteiger partial charge in [-0.1, -0.05) is 45.0 Å². The van der Waals surface area contributed by atoms with Gasteiger partial charge in [-0.15, -0.1) is 0 Å². The van der Waals surface area contributed by atoms with Crippen LogP contribution < -0.4 is 10.6 Å². The Morgan fingerprint density at radius 1 is 1.11 bits per heavy atom. The van der Waals surface area contributed by atoms with E-state index in [1.807, 2.05) is 0 Å². The third-order valence-electron chi connectivity index (χ3n) is 2.66. The molecule has 0 saturated carbocycles. The minimum absolute atomic E-state index is 0.708. The summed E-state index contributed by atoms with van der Waals surface area (Å²) in [5.41, 5.74) is 2.67. The minimum atomic E-state index is 0.708. The first-order valence-corrected chi connectivity index (χ1v) is 7.12. The Bertz CT molecular complexity index is 357. The molecule has 100 valence electrons. The lowest BCUT2D eigenvalue weighted by molar-refractivity contribution is 0.647. The smallest absolute Gasteiger partial charge is 0.166 e. The fraction of sp³-hybridized carbons (Fsp3) is 0.533. The van der Waals surface area contributed by atoms with Crippen molar-refractivity contribution >= 4 is 17.3 Å². The highest BCUT2D eigenvalue weighted by atomic mass is 32.1. The molecule has 1 aromatic rings. The molecule has 0 aliphatic carbocycles. The van der Waals surface area contributed by atoms with Gasteiger partial charge in [0, 0.05) is 13.1 Å². The molecule has 0 spiro atoms. The van der Waals surface area contributed by atoms with Crippen LogP contribution in [-0.4, -0.2) is 11.7 Å². The van der Waals surface area contributed by atoms with E-state index in [1.54, 1.807) is 0 Å². The number of benzene rings is 1. The highest BCUT2D eigenvalue weighted by molar-refractivity contribution is 7.80. The molecule has 1 rings (SSSR count). The monoisotopic (exact) mass is 264 g/mol. The Labute approximate surface area is 116 Å². The van der Waals surface area contributed by atoms with Crippen molar-refractivity contribution in [3.63, 3.8) is 0 Å². The van der Waals surface area contributed by atoms with Gasteiger partial charge in [-0.05, 0) is 42.1 Å². The first-order valence-electron chi connectivity index (χ1n) is 6.71. The van der Waals surface area contributed by atoms with E-state index in [4.69, 9.17) is 12.2 Å². The van der Waals surface area contributed by atoms with Crippen molar-refractivity contribution in [2.45, 2.75) is 40.2 Å². The van der Waals surface area contributed by atoms with Crippen LogP contribution in [0, 0.1) is 5.92 Å². The zero-order chi connectivity index (χ0) is 13.4. The highest BCUT2D eigenvalue weighted by Crippen LogP contribution is 2.09. The van der Waals surface area contributed by atoms with Crippen molar-refractivity contribution in [2.24, 2.45) is 5.92 Å². The number of nitrogens with one attached hydrogen (secondary N) is 2. The largest absolute Gasteiger partial charge is 0.363 e. The van der Waals surface area contributed by atoms with Crippen LogP contribution >= 0.6 is 12.2 Å². The summed E-state index contributed by atoms with van der Waals surface area (Å²) in [7, 11) is 0. The normalized spacial score (nSPS) is 10.4. The number of hydrogen-bond acceptors (Lipinski definition) is 1. The molecular formula is C15H24N2S. The van der Waals surface area contributed by atoms with Crippen molar-refractivity contribution in [1.29, 1.82) is 0 Å². The Kier molecular flexibility index (Phi) is 6.73. The molecule has 0 bridgehead atoms. The quantitative estimate of drug-likeness (QED) is 0.771. The van der Waals surface area contributed by atoms with E-state index < -0.39 is 0 Å². The molecule has 18 heavy (non-hydrogen) atoms. The van der Waals surface area contributed by atoms with Gasteiger partial charge in [0.25, 0.3) is 0 Å². The maximum atomic E-state index is 5.18. The summed E-state index contributed by atoms with van der Waals surface area (Å²) in [6, 6.07) is 8.76. The molecule has 0 atom stereocenters. The summed E-state index contributed by atoms with van der Waals surface area (Å²) < 4.78 is 0. The summed E-state index contributed by atoms with van der Waals surface area (Å²) in [5.74, 6) is 0.708. The summed E-state index contributed by atoms with van der Waals surface area (Å²) in [5, 5.41) is 7.11. The molecular weight excluding hydrogens is 240 g/mol. The fourth-order valence-electron chi connectivity index (χ4n) is 1.75. The minimum Gasteiger partial charge on any atom is -0.363 e. The van der Waals surface area contributed by atoms with Crippen molar-refractivity contribution in [3.8, 4) is 0 Å². The molecule has 0 amide bonds. The maximum Gasteiger partial charge on any atom is 0.166 e. The molecule has 3 heteroatoms. The van der Waals surface area contributed by atoms with E-state index in [2.05, 4.69) is 55.7 Å². The summed E-state index contributed by atoms with van der Waals surface area (Å²) >= 11 is 5.18. The third-order valence-corrected chi connectivity index (χ3v) is 2.94. The summed E-state index contributed by atoms with van der Waals surface area (Å²) in [6.07, 6.45) is 2.23. The summed E-state index contributed by atoms with van der Waals surface area (Å²) in [4.78, 5) is 0. The van der Waals surface area contributed by atoms with E-state index in [9.17, 15) is 0 Å². The molecule has 0 aliphatic rings. The van der Waals surface area contributed by atoms with Crippen molar-refractivity contribution in [2.75, 3.05) is 6.54 Å². The molecule has 0 aromatic heterocycles. The van der Waals surface area contributed by atoms with Crippen LogP contribution in [0.4, 0.5) is 0 Å². The van der Waals surface area contributed by atoms with Crippen LogP contribution in [0.2, 0.25) is 0 Å². The predicted octanol–water partition coefficient (Wildman–Crippen LogP) is 3.26. The van der Waals surface area contributed by atoms with E-state index >= 15 is 0 Å². The highest BCUT2D eigenvalue weighted by Gasteiger charge is 1.99. The molecule has 0 unspecified atom stereocenters. The van der Waals surface area contributed by atoms with Crippen LogP contribution in [0.15, 0.2) is 24.3 Å². The van der Waals surface area contributed by atoms with Crippen LogP contribution in [0.5, 0.6) is 0 Å². The van der Waals surface area contributed by atoms with Crippen molar-refractivity contribution in [3.05, 3.63) is 35.4 Å². The molecule has 1 aromatic carbocycles. The van der Waals surface area contributed by atoms with Gasteiger partial charge >= 0.3 is 0 Å². The Balaban J connectivity index is 2.37. The van der Waals surface area contributed by atoms with E-state index in [1.165, 1.54) is 11.1 Å². The standard InChI is InChI=1S/C15H24N2S/c1-4-9-16-15(18)17-11-14-7-5-13(6-8-14)10-12(2)3/h5-8,12H,4,9-11H2,1-3H3,(H2,16,17,18). The second-order valence-electron chi connectivity index (χ2n) is 5.02. The topological polar surface area (TPSA) is 24.1 Å². The van der Waals surface area contributed by atoms with Gasteiger partial charge in [0.2, 0.25) is 0 Å². The van der Waals surface area contributed by atoms with E-state index in [-0.39, 0.29) is 0 Å². The average Bonchev–Trinajstić information content (AvgIpc) is 2.35. The number of rotatable bonds is 6. The molecule has 0 radical (unpaired) electrons. The van der Waals surface area contributed by atoms with Crippen LogP contribution in [0.25, 0.3) is 0 Å². The van der Waals surface area contributed by atoms with Gasteiger partial charge in [-0.25, -0.2) is 0 Å². The second kappa shape index (κ2) is 8.09. The molecule has 0 saturated heterocycles. The zero-order valence-electron chi connectivity index (χ0n) is 11.6. The SMILES string of the molecule is CCCNC(=S)NCc1ccc(CC(C)C)cc1. The van der Waals surface area contributed by atoms with Crippen molar-refractivity contribution in [1.82, 2.24) is 10.6 Å². The average molecular weight is 264 g/mol. The van der Waals surface area contributed by atoms with Gasteiger partial charge in [-0.2, -0.15) is 0 Å². The lowest BCUT2D eigenvalue weighted by atomic mass is 10.0. The van der Waals surface area contributed by atoms with Gasteiger partial charge in [0.1, 0.15) is 0 Å². The van der Waals surface area contributed by atoms with Gasteiger partial charge in [0.05, 0.1) is 0 Å². The van der Waals surface area contributed by atoms with Gasteiger partial charge in [0.15, 0.2) is 5.11 Å². The van der Waals surface area contributed by atoms with Crippen LogP contribution in [-0.2, 0) is 13.0 Å². The van der Waals surface area contributed by atoms with Crippen LogP contribution in [0.1, 0.15) is 38.3 Å². The molecule has 0 heterocycles. The number of thiocarbonyl (C=S) groups is 1. The number of hydrogen-bond donors (Lipinski definition) is 2. The van der Waals surface area contributed by atoms with Gasteiger partial charge < -0.3 is 10.6 Å². The summed E-state index contributed by atoms with van der Waals surface area (Å²) in [6.45, 7) is 8.33. The zero-order valence-corrected chi connectivity index (χ0v) is 12.4. The predicted molar refractivity (Wildman–Crippen MR) is 82.7 cm³/mol. The molecule has 2 nitrogen and oxygen atoms in total. The van der Waals surface area contributed by atoms with Crippen LogP contribution in [0.3, 0.4) is 0 Å². The van der Waals surface area contributed by atoms with E-state index in [0.29, 0.717) is 5.92 Å². The van der Waals surface area contributed by atoms with Gasteiger partial charge in [-0.3, -0.25) is 0 Å². The fourth-order valence-corrected chi connectivity index (χ4v) is 1.92. The molecule has 2 N–H and O–H groups in total. The third kappa shape index (κ3) is 6.01. The van der Waals surface area contributed by atoms with E-state index in [0.717, 1.165) is 31.0 Å². The second-order valence-corrected chi connectivity index (χ2v) is 5.43. The first-order chi connectivity index (χ1) is 8.61. The first kappa shape index (κ1) is 15.0. The maximum absolute atomic E-state index is 5.18. The molecule has 0 aliphatic heterocycles. The van der Waals surface area contributed by atoms with Crippen molar-refractivity contribution < 1.29 is 0 Å². The Morgan fingerprint density at radius 2 is 1.72 bits per heavy atom. The Hall–Kier alpha value is -1.09. The lowest BCUT2D eigenvalue weighted by Crippen LogP contribution is -2.35.